The van der Waals surface area contributed by atoms with Crippen molar-refractivity contribution in [3.63, 3.8) is 0 Å². The van der Waals surface area contributed by atoms with Gasteiger partial charge in [-0.3, -0.25) is 0 Å². The van der Waals surface area contributed by atoms with Gasteiger partial charge in [0.1, 0.15) is 0 Å². The van der Waals surface area contributed by atoms with E-state index in [2.05, 4.69) is 0 Å². The Kier molecular flexibility index (Phi) is 6.13. The fraction of sp³-hybridized carbons (Fsp3) is 0.571. The third-order valence-corrected chi connectivity index (χ3v) is 2.92. The smallest absolute Gasteiger partial charge is 0.392 e. The van der Waals surface area contributed by atoms with Crippen LogP contribution in [0.1, 0.15) is 25.3 Å². The van der Waals surface area contributed by atoms with Crippen molar-refractivity contribution in [2.24, 2.45) is 5.73 Å². The molecule has 0 amide bonds. The van der Waals surface area contributed by atoms with Gasteiger partial charge in [0, 0.05) is 6.04 Å². The fourth-order valence-corrected chi connectivity index (χ4v) is 1.74. The number of rotatable bonds is 7. The maximum absolute atomic E-state index is 12.2. The number of alkyl halides is 3. The first-order chi connectivity index (χ1) is 9.37. The van der Waals surface area contributed by atoms with Crippen molar-refractivity contribution in [3.8, 4) is 11.5 Å². The summed E-state index contributed by atoms with van der Waals surface area (Å²) in [5, 5.41) is 0. The number of benzene rings is 1. The predicted octanol–water partition coefficient (Wildman–Crippen LogP) is 3.31. The zero-order chi connectivity index (χ0) is 15.2. The average Bonchev–Trinajstić information content (AvgIpc) is 2.38. The van der Waals surface area contributed by atoms with Crippen molar-refractivity contribution >= 4 is 0 Å². The highest BCUT2D eigenvalue weighted by Crippen LogP contribution is 2.32. The Morgan fingerprint density at radius 1 is 1.30 bits per heavy atom. The molecule has 1 aromatic rings. The molecule has 0 spiro atoms. The van der Waals surface area contributed by atoms with E-state index in [4.69, 9.17) is 15.2 Å². The monoisotopic (exact) mass is 291 g/mol. The number of hydrogen-bond acceptors (Lipinski definition) is 3. The molecule has 0 fully saturated rings. The van der Waals surface area contributed by atoms with Crippen molar-refractivity contribution in [2.45, 2.75) is 38.4 Å². The molecule has 1 unspecified atom stereocenters. The standard InChI is InChI=1S/C14H20F3NO2/c1-3-11(18)9-10-5-4-6-12(19-2)13(10)20-8-7-14(15,16)17/h4-6,11H,3,7-9,18H2,1-2H3. The van der Waals surface area contributed by atoms with E-state index < -0.39 is 19.2 Å². The maximum Gasteiger partial charge on any atom is 0.392 e. The van der Waals surface area contributed by atoms with Crippen LogP contribution < -0.4 is 15.2 Å². The summed E-state index contributed by atoms with van der Waals surface area (Å²) in [7, 11) is 1.45. The number of nitrogens with two attached hydrogens (primary N) is 1. The van der Waals surface area contributed by atoms with E-state index in [0.29, 0.717) is 17.9 Å². The summed E-state index contributed by atoms with van der Waals surface area (Å²) in [4.78, 5) is 0. The molecular formula is C14H20F3NO2. The van der Waals surface area contributed by atoms with Crippen LogP contribution in [0.25, 0.3) is 0 Å². The summed E-state index contributed by atoms with van der Waals surface area (Å²) >= 11 is 0. The van der Waals surface area contributed by atoms with Crippen LogP contribution in [-0.2, 0) is 6.42 Å². The van der Waals surface area contributed by atoms with Crippen LogP contribution in [0.3, 0.4) is 0 Å². The van der Waals surface area contributed by atoms with Gasteiger partial charge in [0.05, 0.1) is 20.1 Å². The lowest BCUT2D eigenvalue weighted by Crippen LogP contribution is -2.22. The summed E-state index contributed by atoms with van der Waals surface area (Å²) in [6, 6.07) is 5.16. The van der Waals surface area contributed by atoms with Crippen molar-refractivity contribution < 1.29 is 22.6 Å². The van der Waals surface area contributed by atoms with Gasteiger partial charge in [0.15, 0.2) is 11.5 Å². The molecule has 20 heavy (non-hydrogen) atoms. The minimum absolute atomic E-state index is 0.0629. The largest absolute Gasteiger partial charge is 0.493 e. The minimum Gasteiger partial charge on any atom is -0.493 e. The van der Waals surface area contributed by atoms with Gasteiger partial charge in [-0.1, -0.05) is 19.1 Å². The quantitative estimate of drug-likeness (QED) is 0.838. The molecule has 0 radical (unpaired) electrons. The number of hydrogen-bond donors (Lipinski definition) is 1. The molecule has 1 aromatic carbocycles. The molecule has 0 aromatic heterocycles. The molecule has 3 nitrogen and oxygen atoms in total. The number of halogens is 3. The average molecular weight is 291 g/mol. The summed E-state index contributed by atoms with van der Waals surface area (Å²) in [5.41, 5.74) is 6.65. The molecule has 114 valence electrons. The van der Waals surface area contributed by atoms with Crippen LogP contribution in [-0.4, -0.2) is 25.9 Å². The van der Waals surface area contributed by atoms with E-state index >= 15 is 0 Å². The summed E-state index contributed by atoms with van der Waals surface area (Å²) in [6.45, 7) is 1.52. The lowest BCUT2D eigenvalue weighted by atomic mass is 10.0. The number of methoxy groups -OCH3 is 1. The first-order valence-corrected chi connectivity index (χ1v) is 6.48. The second kappa shape index (κ2) is 7.38. The SMILES string of the molecule is CCC(N)Cc1cccc(OC)c1OCCC(F)(F)F. The maximum atomic E-state index is 12.2. The Morgan fingerprint density at radius 3 is 2.55 bits per heavy atom. The van der Waals surface area contributed by atoms with Crippen LogP contribution in [0.2, 0.25) is 0 Å². The normalized spacial score (nSPS) is 13.1. The van der Waals surface area contributed by atoms with E-state index in [1.807, 2.05) is 6.92 Å². The molecule has 2 N–H and O–H groups in total. The van der Waals surface area contributed by atoms with Crippen molar-refractivity contribution in [1.29, 1.82) is 0 Å². The van der Waals surface area contributed by atoms with Gasteiger partial charge in [-0.2, -0.15) is 13.2 Å². The minimum atomic E-state index is -4.23. The molecule has 0 bridgehead atoms. The van der Waals surface area contributed by atoms with Gasteiger partial charge >= 0.3 is 6.18 Å². The molecule has 1 atom stereocenters. The fourth-order valence-electron chi connectivity index (χ4n) is 1.74. The molecule has 6 heteroatoms. The third kappa shape index (κ3) is 5.28. The summed E-state index contributed by atoms with van der Waals surface area (Å²) < 4.78 is 46.9. The number of ether oxygens (including phenoxy) is 2. The van der Waals surface area contributed by atoms with Crippen LogP contribution in [0, 0.1) is 0 Å². The second-order valence-corrected chi connectivity index (χ2v) is 4.53. The van der Waals surface area contributed by atoms with E-state index in [1.54, 1.807) is 18.2 Å². The van der Waals surface area contributed by atoms with Crippen LogP contribution in [0.15, 0.2) is 18.2 Å². The predicted molar refractivity (Wildman–Crippen MR) is 71.1 cm³/mol. The molecule has 0 aliphatic carbocycles. The van der Waals surface area contributed by atoms with Gasteiger partial charge in [0.25, 0.3) is 0 Å². The van der Waals surface area contributed by atoms with Gasteiger partial charge in [0.2, 0.25) is 0 Å². The Balaban J connectivity index is 2.84. The molecule has 1 rings (SSSR count). The molecular weight excluding hydrogens is 271 g/mol. The van der Waals surface area contributed by atoms with Gasteiger partial charge in [-0.05, 0) is 24.5 Å². The van der Waals surface area contributed by atoms with Gasteiger partial charge in [-0.25, -0.2) is 0 Å². The zero-order valence-corrected chi connectivity index (χ0v) is 11.7. The first kappa shape index (κ1) is 16.6. The van der Waals surface area contributed by atoms with Crippen molar-refractivity contribution in [3.05, 3.63) is 23.8 Å². The lowest BCUT2D eigenvalue weighted by Gasteiger charge is -2.17. The highest BCUT2D eigenvalue weighted by molar-refractivity contribution is 5.47. The van der Waals surface area contributed by atoms with Crippen molar-refractivity contribution in [2.75, 3.05) is 13.7 Å². The Bertz CT molecular complexity index is 421. The third-order valence-electron chi connectivity index (χ3n) is 2.92. The van der Waals surface area contributed by atoms with Gasteiger partial charge in [-0.15, -0.1) is 0 Å². The van der Waals surface area contributed by atoms with E-state index in [0.717, 1.165) is 12.0 Å². The highest BCUT2D eigenvalue weighted by atomic mass is 19.4. The second-order valence-electron chi connectivity index (χ2n) is 4.53. The zero-order valence-electron chi connectivity index (χ0n) is 11.7. The molecule has 0 aliphatic heterocycles. The highest BCUT2D eigenvalue weighted by Gasteiger charge is 2.27. The molecule has 0 saturated carbocycles. The molecule has 0 saturated heterocycles. The Hall–Kier alpha value is -1.43. The topological polar surface area (TPSA) is 44.5 Å². The molecule has 0 heterocycles. The summed E-state index contributed by atoms with van der Waals surface area (Å²) in [5.74, 6) is 0.774. The van der Waals surface area contributed by atoms with Crippen LogP contribution in [0.4, 0.5) is 13.2 Å². The van der Waals surface area contributed by atoms with Crippen LogP contribution in [0.5, 0.6) is 11.5 Å². The van der Waals surface area contributed by atoms with E-state index in [-0.39, 0.29) is 6.04 Å². The Labute approximate surface area is 116 Å². The Morgan fingerprint density at radius 2 is 2.00 bits per heavy atom. The van der Waals surface area contributed by atoms with Crippen molar-refractivity contribution in [1.82, 2.24) is 0 Å². The van der Waals surface area contributed by atoms with E-state index in [1.165, 1.54) is 7.11 Å². The number of para-hydroxylation sites is 1. The first-order valence-electron chi connectivity index (χ1n) is 6.48. The van der Waals surface area contributed by atoms with E-state index in [9.17, 15) is 13.2 Å². The molecule has 0 aliphatic rings. The van der Waals surface area contributed by atoms with Gasteiger partial charge < -0.3 is 15.2 Å². The van der Waals surface area contributed by atoms with Crippen LogP contribution >= 0.6 is 0 Å². The summed E-state index contributed by atoms with van der Waals surface area (Å²) in [6.07, 6.45) is -3.92. The lowest BCUT2D eigenvalue weighted by molar-refractivity contribution is -0.139.